The molecule has 3 N–H and O–H groups in total. The van der Waals surface area contributed by atoms with Gasteiger partial charge < -0.3 is 10.2 Å². The van der Waals surface area contributed by atoms with Gasteiger partial charge in [0.05, 0.1) is 6.61 Å². The molecule has 0 aliphatic heterocycles. The summed E-state index contributed by atoms with van der Waals surface area (Å²) in [7, 11) is 0. The van der Waals surface area contributed by atoms with E-state index in [0.29, 0.717) is 0 Å². The van der Waals surface area contributed by atoms with Crippen LogP contribution in [0.1, 0.15) is 84.5 Å². The molecular weight excluding hydrogens is 238 g/mol. The number of aliphatic hydroxyl groups is 2. The van der Waals surface area contributed by atoms with Crippen molar-refractivity contribution in [3.05, 3.63) is 0 Å². The fourth-order valence-electron chi connectivity index (χ4n) is 2.45. The topological polar surface area (TPSA) is 52.5 Å². The quantitative estimate of drug-likeness (QED) is 0.335. The summed E-state index contributed by atoms with van der Waals surface area (Å²) in [6, 6.07) is 0.0500. The van der Waals surface area contributed by atoms with Crippen molar-refractivity contribution in [1.82, 2.24) is 5.32 Å². The molecule has 0 aromatic heterocycles. The third-order valence-electron chi connectivity index (χ3n) is 3.60. The van der Waals surface area contributed by atoms with Crippen molar-refractivity contribution in [3.8, 4) is 0 Å². The van der Waals surface area contributed by atoms with Crippen LogP contribution in [0.2, 0.25) is 0 Å². The lowest BCUT2D eigenvalue weighted by molar-refractivity contribution is 0.115. The highest BCUT2D eigenvalue weighted by Crippen LogP contribution is 2.12. The van der Waals surface area contributed by atoms with Crippen LogP contribution in [-0.4, -0.2) is 29.1 Å². The van der Waals surface area contributed by atoms with E-state index in [1.165, 1.54) is 57.8 Å². The molecule has 2 atom stereocenters. The Morgan fingerprint density at radius 2 is 1.32 bits per heavy atom. The van der Waals surface area contributed by atoms with Gasteiger partial charge >= 0.3 is 0 Å². The second-order valence-corrected chi connectivity index (χ2v) is 5.69. The average molecular weight is 273 g/mol. The molecule has 3 heteroatoms. The highest BCUT2D eigenvalue weighted by molar-refractivity contribution is 4.65. The molecule has 0 heterocycles. The summed E-state index contributed by atoms with van der Waals surface area (Å²) in [5.74, 6) is 0. The fraction of sp³-hybridized carbons (Fsp3) is 1.00. The smallest absolute Gasteiger partial charge is 0.102 e. The zero-order chi connectivity index (χ0) is 14.3. The Balaban J connectivity index is 3.21. The van der Waals surface area contributed by atoms with Crippen molar-refractivity contribution < 1.29 is 10.2 Å². The molecule has 0 fully saturated rings. The van der Waals surface area contributed by atoms with Gasteiger partial charge in [0.25, 0.3) is 0 Å². The van der Waals surface area contributed by atoms with E-state index in [4.69, 9.17) is 5.11 Å². The summed E-state index contributed by atoms with van der Waals surface area (Å²) in [5.41, 5.74) is 0. The van der Waals surface area contributed by atoms with Crippen LogP contribution in [0.15, 0.2) is 0 Å². The highest BCUT2D eigenvalue weighted by Gasteiger charge is 2.08. The van der Waals surface area contributed by atoms with E-state index in [0.717, 1.165) is 12.8 Å². The van der Waals surface area contributed by atoms with Crippen molar-refractivity contribution in [3.63, 3.8) is 0 Å². The molecule has 116 valence electrons. The first-order valence-corrected chi connectivity index (χ1v) is 8.25. The first-order valence-electron chi connectivity index (χ1n) is 8.25. The lowest BCUT2D eigenvalue weighted by Gasteiger charge is -2.18. The molecule has 0 radical (unpaired) electrons. The molecule has 2 unspecified atom stereocenters. The summed E-state index contributed by atoms with van der Waals surface area (Å²) >= 11 is 0. The number of rotatable bonds is 14. The maximum absolute atomic E-state index is 9.19. The van der Waals surface area contributed by atoms with E-state index < -0.39 is 6.23 Å². The minimum absolute atomic E-state index is 0.0500. The van der Waals surface area contributed by atoms with Crippen LogP contribution in [-0.2, 0) is 0 Å². The zero-order valence-corrected chi connectivity index (χ0v) is 13.0. The first kappa shape index (κ1) is 18.9. The fourth-order valence-corrected chi connectivity index (χ4v) is 2.45. The number of aliphatic hydroxyl groups excluding tert-OH is 2. The number of unbranched alkanes of at least 4 members (excludes halogenated alkanes) is 9. The number of hydrogen-bond acceptors (Lipinski definition) is 3. The van der Waals surface area contributed by atoms with Crippen molar-refractivity contribution >= 4 is 0 Å². The van der Waals surface area contributed by atoms with Gasteiger partial charge in [-0.25, -0.2) is 0 Å². The Bertz CT molecular complexity index is 174. The Morgan fingerprint density at radius 1 is 0.842 bits per heavy atom. The van der Waals surface area contributed by atoms with Gasteiger partial charge in [-0.1, -0.05) is 71.1 Å². The van der Waals surface area contributed by atoms with E-state index in [2.05, 4.69) is 12.2 Å². The highest BCUT2D eigenvalue weighted by atomic mass is 16.3. The van der Waals surface area contributed by atoms with Crippen molar-refractivity contribution in [2.24, 2.45) is 0 Å². The molecule has 19 heavy (non-hydrogen) atoms. The van der Waals surface area contributed by atoms with E-state index in [-0.39, 0.29) is 12.6 Å². The number of nitrogens with one attached hydrogen (secondary N) is 1. The van der Waals surface area contributed by atoms with Crippen LogP contribution < -0.4 is 5.32 Å². The van der Waals surface area contributed by atoms with Gasteiger partial charge in [0.1, 0.15) is 6.23 Å². The molecule has 0 bridgehead atoms. The Morgan fingerprint density at radius 3 is 1.74 bits per heavy atom. The summed E-state index contributed by atoms with van der Waals surface area (Å²) in [4.78, 5) is 0. The van der Waals surface area contributed by atoms with E-state index in [1.807, 2.05) is 0 Å². The lowest BCUT2D eigenvalue weighted by atomic mass is 10.0. The normalized spacial score (nSPS) is 14.5. The third-order valence-corrected chi connectivity index (χ3v) is 3.60. The second-order valence-electron chi connectivity index (χ2n) is 5.69. The zero-order valence-electron chi connectivity index (χ0n) is 13.0. The minimum Gasteiger partial charge on any atom is -0.395 e. The van der Waals surface area contributed by atoms with Crippen molar-refractivity contribution in [1.29, 1.82) is 0 Å². The first-order chi connectivity index (χ1) is 9.20. The van der Waals surface area contributed by atoms with Gasteiger partial charge in [0.15, 0.2) is 0 Å². The van der Waals surface area contributed by atoms with E-state index in [9.17, 15) is 5.11 Å². The predicted molar refractivity (Wildman–Crippen MR) is 82.2 cm³/mol. The molecule has 0 rings (SSSR count). The molecule has 0 amide bonds. The van der Waals surface area contributed by atoms with Gasteiger partial charge in [0, 0.05) is 6.04 Å². The molecule has 0 saturated carbocycles. The molecule has 0 aromatic carbocycles. The molecule has 3 nitrogen and oxygen atoms in total. The van der Waals surface area contributed by atoms with Crippen LogP contribution >= 0.6 is 0 Å². The number of hydrogen-bond donors (Lipinski definition) is 3. The molecule has 0 aliphatic carbocycles. The van der Waals surface area contributed by atoms with Gasteiger partial charge in [-0.15, -0.1) is 0 Å². The SMILES string of the molecule is CCCCCCCCCCCCC(CO)NC(C)O. The predicted octanol–water partition coefficient (Wildman–Crippen LogP) is 3.59. The summed E-state index contributed by atoms with van der Waals surface area (Å²) < 4.78 is 0. The average Bonchev–Trinajstić information content (AvgIpc) is 2.39. The maximum atomic E-state index is 9.19. The van der Waals surface area contributed by atoms with Crippen LogP contribution in [0.3, 0.4) is 0 Å². The molecule has 0 aliphatic rings. The molecule has 0 saturated heterocycles. The van der Waals surface area contributed by atoms with Gasteiger partial charge in [-0.05, 0) is 13.3 Å². The minimum atomic E-state index is -0.528. The molecule has 0 spiro atoms. The summed E-state index contributed by atoms with van der Waals surface area (Å²) in [5, 5.41) is 21.3. The van der Waals surface area contributed by atoms with Crippen molar-refractivity contribution in [2.45, 2.75) is 96.7 Å². The van der Waals surface area contributed by atoms with Gasteiger partial charge in [-0.2, -0.15) is 0 Å². The van der Waals surface area contributed by atoms with E-state index in [1.54, 1.807) is 6.92 Å². The van der Waals surface area contributed by atoms with Crippen LogP contribution in [0.4, 0.5) is 0 Å². The van der Waals surface area contributed by atoms with Crippen molar-refractivity contribution in [2.75, 3.05) is 6.61 Å². The maximum Gasteiger partial charge on any atom is 0.102 e. The largest absolute Gasteiger partial charge is 0.395 e. The van der Waals surface area contributed by atoms with Crippen LogP contribution in [0.25, 0.3) is 0 Å². The Labute approximate surface area is 119 Å². The van der Waals surface area contributed by atoms with Gasteiger partial charge in [0.2, 0.25) is 0 Å². The second kappa shape index (κ2) is 14.3. The third kappa shape index (κ3) is 14.1. The van der Waals surface area contributed by atoms with Crippen LogP contribution in [0.5, 0.6) is 0 Å². The standard InChI is InChI=1S/C16H35NO2/c1-3-4-5-6-7-8-9-10-11-12-13-16(14-18)17-15(2)19/h15-19H,3-14H2,1-2H3. The Kier molecular flexibility index (Phi) is 14.2. The lowest BCUT2D eigenvalue weighted by Crippen LogP contribution is -2.38. The summed E-state index contributed by atoms with van der Waals surface area (Å²) in [6.07, 6.45) is 13.7. The summed E-state index contributed by atoms with van der Waals surface area (Å²) in [6.45, 7) is 4.07. The monoisotopic (exact) mass is 273 g/mol. The van der Waals surface area contributed by atoms with E-state index >= 15 is 0 Å². The molecular formula is C16H35NO2. The van der Waals surface area contributed by atoms with Crippen LogP contribution in [0, 0.1) is 0 Å². The van der Waals surface area contributed by atoms with Gasteiger partial charge in [-0.3, -0.25) is 5.32 Å². The molecule has 0 aromatic rings. The Hall–Kier alpha value is -0.120.